The number of carbonyl (C=O) groups is 2. The van der Waals surface area contributed by atoms with Crippen LogP contribution in [-0.4, -0.2) is 69.3 Å². The first-order chi connectivity index (χ1) is 12.8. The zero-order chi connectivity index (χ0) is 19.6. The Kier molecular flexibility index (Phi) is 5.45. The molecule has 9 heteroatoms. The van der Waals surface area contributed by atoms with Gasteiger partial charge in [-0.05, 0) is 30.0 Å². The molecule has 1 saturated heterocycles. The molecule has 0 aliphatic carbocycles. The summed E-state index contributed by atoms with van der Waals surface area (Å²) in [6, 6.07) is 10.3. The van der Waals surface area contributed by atoms with Crippen molar-refractivity contribution in [2.75, 3.05) is 33.2 Å². The minimum atomic E-state index is -4.10. The molecule has 1 heterocycles. The molecule has 0 spiro atoms. The fourth-order valence-corrected chi connectivity index (χ4v) is 4.19. The molecule has 3 rings (SSSR count). The lowest BCUT2D eigenvalue weighted by molar-refractivity contribution is -0.138. The number of benzene rings is 2. The first kappa shape index (κ1) is 19.3. The first-order valence-corrected chi connectivity index (χ1v) is 10.0. The van der Waals surface area contributed by atoms with Crippen molar-refractivity contribution < 1.29 is 18.0 Å². The van der Waals surface area contributed by atoms with E-state index in [0.29, 0.717) is 26.2 Å². The number of nitrogens with zero attached hydrogens (tertiary/aromatic N) is 2. The molecule has 8 nitrogen and oxygen atoms in total. The van der Waals surface area contributed by atoms with Crippen molar-refractivity contribution in [3.05, 3.63) is 42.5 Å². The zero-order valence-corrected chi connectivity index (χ0v) is 15.8. The molecule has 0 saturated carbocycles. The molecule has 1 aliphatic heterocycles. The smallest absolute Gasteiger partial charge is 0.250 e. The third kappa shape index (κ3) is 4.26. The van der Waals surface area contributed by atoms with E-state index in [0.717, 1.165) is 10.8 Å². The highest BCUT2D eigenvalue weighted by atomic mass is 32.2. The second kappa shape index (κ2) is 7.63. The SMILES string of the molecule is CN1CCN(C(=O)[C@@H](NS(=O)(=O)c2ccc3ccccc3c2)C(N)=O)CC1. The second-order valence-electron chi connectivity index (χ2n) is 6.59. The van der Waals surface area contributed by atoms with Crippen molar-refractivity contribution in [1.82, 2.24) is 14.5 Å². The van der Waals surface area contributed by atoms with Crippen LogP contribution in [0.5, 0.6) is 0 Å². The second-order valence-corrected chi connectivity index (χ2v) is 8.31. The van der Waals surface area contributed by atoms with Gasteiger partial charge in [0.15, 0.2) is 6.04 Å². The predicted molar refractivity (Wildman–Crippen MR) is 101 cm³/mol. The molecule has 144 valence electrons. The number of fused-ring (bicyclic) bond motifs is 1. The van der Waals surface area contributed by atoms with Crippen molar-refractivity contribution in [3.63, 3.8) is 0 Å². The Balaban J connectivity index is 1.83. The minimum absolute atomic E-state index is 0.0290. The molecule has 1 atom stereocenters. The largest absolute Gasteiger partial charge is 0.368 e. The summed E-state index contributed by atoms with van der Waals surface area (Å²) in [6.07, 6.45) is 0. The van der Waals surface area contributed by atoms with Gasteiger partial charge >= 0.3 is 0 Å². The van der Waals surface area contributed by atoms with Crippen LogP contribution in [-0.2, 0) is 19.6 Å². The van der Waals surface area contributed by atoms with Crippen LogP contribution in [0.4, 0.5) is 0 Å². The Morgan fingerprint density at radius 3 is 2.30 bits per heavy atom. The summed E-state index contributed by atoms with van der Waals surface area (Å²) in [5, 5.41) is 1.62. The Morgan fingerprint density at radius 1 is 1.04 bits per heavy atom. The molecule has 2 aromatic carbocycles. The number of hydrogen-bond acceptors (Lipinski definition) is 5. The summed E-state index contributed by atoms with van der Waals surface area (Å²) in [6.45, 7) is 2.12. The van der Waals surface area contributed by atoms with E-state index in [9.17, 15) is 18.0 Å². The van der Waals surface area contributed by atoms with E-state index in [1.165, 1.54) is 17.0 Å². The number of nitrogens with two attached hydrogens (primary N) is 1. The predicted octanol–water partition coefficient (Wildman–Crippen LogP) is -0.254. The van der Waals surface area contributed by atoms with Crippen LogP contribution in [0.3, 0.4) is 0 Å². The topological polar surface area (TPSA) is 113 Å². The Bertz CT molecular complexity index is 968. The third-order valence-electron chi connectivity index (χ3n) is 4.65. The number of nitrogens with one attached hydrogen (secondary N) is 1. The number of hydrogen-bond donors (Lipinski definition) is 2. The van der Waals surface area contributed by atoms with E-state index in [1.807, 2.05) is 24.1 Å². The number of sulfonamides is 1. The number of piperazine rings is 1. The molecule has 0 bridgehead atoms. The summed E-state index contributed by atoms with van der Waals surface area (Å²) in [5.74, 6) is -1.65. The van der Waals surface area contributed by atoms with Gasteiger partial charge in [0.25, 0.3) is 5.91 Å². The van der Waals surface area contributed by atoms with Crippen molar-refractivity contribution in [3.8, 4) is 0 Å². The average Bonchev–Trinajstić information content (AvgIpc) is 2.65. The molecule has 2 aromatic rings. The molecular weight excluding hydrogens is 368 g/mol. The maximum Gasteiger partial charge on any atom is 0.250 e. The van der Waals surface area contributed by atoms with Gasteiger partial charge in [-0.15, -0.1) is 0 Å². The van der Waals surface area contributed by atoms with Gasteiger partial charge in [0.1, 0.15) is 0 Å². The van der Waals surface area contributed by atoms with Gasteiger partial charge in [0.05, 0.1) is 4.90 Å². The van der Waals surface area contributed by atoms with E-state index in [2.05, 4.69) is 4.72 Å². The fraction of sp³-hybridized carbons (Fsp3) is 0.333. The molecule has 0 radical (unpaired) electrons. The summed E-state index contributed by atoms with van der Waals surface area (Å²) in [4.78, 5) is 27.9. The number of carbonyl (C=O) groups excluding carboxylic acids is 2. The van der Waals surface area contributed by atoms with Crippen molar-refractivity contribution >= 4 is 32.6 Å². The van der Waals surface area contributed by atoms with Gasteiger partial charge in [0.2, 0.25) is 15.9 Å². The van der Waals surface area contributed by atoms with Crippen molar-refractivity contribution in [1.29, 1.82) is 0 Å². The number of rotatable bonds is 5. The van der Waals surface area contributed by atoms with Crippen LogP contribution in [0, 0.1) is 0 Å². The molecule has 3 N–H and O–H groups in total. The first-order valence-electron chi connectivity index (χ1n) is 8.56. The highest BCUT2D eigenvalue weighted by Crippen LogP contribution is 2.19. The normalized spacial score (nSPS) is 17.0. The van der Waals surface area contributed by atoms with Gasteiger partial charge in [-0.25, -0.2) is 8.42 Å². The summed E-state index contributed by atoms with van der Waals surface area (Å²) >= 11 is 0. The van der Waals surface area contributed by atoms with Gasteiger partial charge in [0, 0.05) is 26.2 Å². The van der Waals surface area contributed by atoms with Gasteiger partial charge in [-0.1, -0.05) is 30.3 Å². The minimum Gasteiger partial charge on any atom is -0.368 e. The van der Waals surface area contributed by atoms with Gasteiger partial charge in [-0.2, -0.15) is 4.72 Å². The van der Waals surface area contributed by atoms with Crippen LogP contribution in [0.2, 0.25) is 0 Å². The highest BCUT2D eigenvalue weighted by molar-refractivity contribution is 7.89. The Hall–Kier alpha value is -2.49. The van der Waals surface area contributed by atoms with E-state index in [1.54, 1.807) is 18.2 Å². The van der Waals surface area contributed by atoms with Crippen LogP contribution < -0.4 is 10.5 Å². The maximum atomic E-state index is 12.7. The Morgan fingerprint density at radius 2 is 1.67 bits per heavy atom. The van der Waals surface area contributed by atoms with E-state index in [4.69, 9.17) is 5.73 Å². The van der Waals surface area contributed by atoms with Gasteiger partial charge < -0.3 is 15.5 Å². The van der Waals surface area contributed by atoms with E-state index >= 15 is 0 Å². The quantitative estimate of drug-likeness (QED) is 0.684. The molecule has 0 unspecified atom stereocenters. The zero-order valence-electron chi connectivity index (χ0n) is 15.0. The molecule has 2 amide bonds. The molecule has 1 fully saturated rings. The molecule has 27 heavy (non-hydrogen) atoms. The number of primary amides is 1. The molecular formula is C18H22N4O4S. The average molecular weight is 390 g/mol. The summed E-state index contributed by atoms with van der Waals surface area (Å²) in [7, 11) is -2.17. The third-order valence-corrected chi connectivity index (χ3v) is 6.07. The van der Waals surface area contributed by atoms with Crippen molar-refractivity contribution in [2.45, 2.75) is 10.9 Å². The van der Waals surface area contributed by atoms with Crippen LogP contribution in [0.25, 0.3) is 10.8 Å². The highest BCUT2D eigenvalue weighted by Gasteiger charge is 2.34. The summed E-state index contributed by atoms with van der Waals surface area (Å²) < 4.78 is 27.6. The summed E-state index contributed by atoms with van der Waals surface area (Å²) in [5.41, 5.74) is 5.32. The van der Waals surface area contributed by atoms with Crippen LogP contribution in [0.15, 0.2) is 47.4 Å². The Labute approximate surface area is 158 Å². The molecule has 0 aromatic heterocycles. The standard InChI is InChI=1S/C18H22N4O4S/c1-21-8-10-22(11-9-21)18(24)16(17(19)23)20-27(25,26)15-7-6-13-4-2-3-5-14(13)12-15/h2-7,12,16,20H,8-11H2,1H3,(H2,19,23)/t16-/m0/s1. The lowest BCUT2D eigenvalue weighted by Crippen LogP contribution is -2.58. The van der Waals surface area contributed by atoms with E-state index < -0.39 is 27.9 Å². The van der Waals surface area contributed by atoms with Crippen LogP contribution in [0.1, 0.15) is 0 Å². The number of amides is 2. The van der Waals surface area contributed by atoms with Crippen molar-refractivity contribution in [2.24, 2.45) is 5.73 Å². The fourth-order valence-electron chi connectivity index (χ4n) is 3.00. The van der Waals surface area contributed by atoms with Gasteiger partial charge in [-0.3, -0.25) is 9.59 Å². The lowest BCUT2D eigenvalue weighted by atomic mass is 10.1. The number of likely N-dealkylation sites (N-methyl/N-ethyl adjacent to an activating group) is 1. The van der Waals surface area contributed by atoms with Crippen LogP contribution >= 0.6 is 0 Å². The molecule has 1 aliphatic rings. The monoisotopic (exact) mass is 390 g/mol. The lowest BCUT2D eigenvalue weighted by Gasteiger charge is -2.34. The van der Waals surface area contributed by atoms with E-state index in [-0.39, 0.29) is 4.90 Å². The maximum absolute atomic E-state index is 12.7.